The molecule has 2 rings (SSSR count). The molecule has 0 atom stereocenters. The molecule has 1 aromatic carbocycles. The van der Waals surface area contributed by atoms with Crippen LogP contribution in [0.15, 0.2) is 36.5 Å². The first kappa shape index (κ1) is 16.8. The zero-order chi connectivity index (χ0) is 16.8. The lowest BCUT2D eigenvalue weighted by molar-refractivity contribution is 0.0526. The maximum absolute atomic E-state index is 12.3. The lowest BCUT2D eigenvalue weighted by Crippen LogP contribution is -2.15. The summed E-state index contributed by atoms with van der Waals surface area (Å²) in [6, 6.07) is 7.65. The second kappa shape index (κ2) is 7.60. The highest BCUT2D eigenvalue weighted by atomic mass is 35.5. The van der Waals surface area contributed by atoms with Gasteiger partial charge >= 0.3 is 5.97 Å². The molecule has 0 fully saturated rings. The standard InChI is InChI=1S/C16H15ClN2O4/c1-3-23-16(21)10-6-7-18-14(8-10)19-15(20)12-9-11(17)4-5-13(12)22-2/h4-9H,3H2,1-2H3,(H,18,19,20). The van der Waals surface area contributed by atoms with E-state index >= 15 is 0 Å². The molecule has 6 nitrogen and oxygen atoms in total. The minimum Gasteiger partial charge on any atom is -0.496 e. The topological polar surface area (TPSA) is 77.5 Å². The van der Waals surface area contributed by atoms with Crippen molar-refractivity contribution in [2.75, 3.05) is 19.0 Å². The van der Waals surface area contributed by atoms with E-state index in [9.17, 15) is 9.59 Å². The van der Waals surface area contributed by atoms with Crippen LogP contribution in [0.2, 0.25) is 5.02 Å². The molecule has 2 aromatic rings. The van der Waals surface area contributed by atoms with E-state index in [2.05, 4.69) is 10.3 Å². The van der Waals surface area contributed by atoms with Gasteiger partial charge in [-0.2, -0.15) is 0 Å². The van der Waals surface area contributed by atoms with Gasteiger partial charge < -0.3 is 14.8 Å². The van der Waals surface area contributed by atoms with Gasteiger partial charge in [-0.25, -0.2) is 9.78 Å². The number of carbonyl (C=O) groups excluding carboxylic acids is 2. The fourth-order valence-corrected chi connectivity index (χ4v) is 2.05. The summed E-state index contributed by atoms with van der Waals surface area (Å²) in [5.74, 6) is -0.320. The first-order chi connectivity index (χ1) is 11.0. The van der Waals surface area contributed by atoms with Gasteiger partial charge in [0, 0.05) is 11.2 Å². The summed E-state index contributed by atoms with van der Waals surface area (Å²) in [5, 5.41) is 3.01. The summed E-state index contributed by atoms with van der Waals surface area (Å²) in [6.45, 7) is 1.98. The van der Waals surface area contributed by atoms with Crippen LogP contribution < -0.4 is 10.1 Å². The number of hydrogen-bond donors (Lipinski definition) is 1. The third-order valence-corrected chi connectivity index (χ3v) is 3.15. The lowest BCUT2D eigenvalue weighted by Gasteiger charge is -2.10. The highest BCUT2D eigenvalue weighted by Crippen LogP contribution is 2.23. The molecule has 1 aromatic heterocycles. The summed E-state index contributed by atoms with van der Waals surface area (Å²) in [6.07, 6.45) is 1.41. The Hall–Kier alpha value is -2.60. The number of nitrogens with one attached hydrogen (secondary N) is 1. The van der Waals surface area contributed by atoms with Gasteiger partial charge in [0.15, 0.2) is 0 Å². The summed E-state index contributed by atoms with van der Waals surface area (Å²) in [7, 11) is 1.46. The zero-order valence-electron chi connectivity index (χ0n) is 12.6. The molecule has 1 heterocycles. The molecule has 1 N–H and O–H groups in total. The van der Waals surface area contributed by atoms with E-state index < -0.39 is 11.9 Å². The van der Waals surface area contributed by atoms with E-state index in [4.69, 9.17) is 21.1 Å². The van der Waals surface area contributed by atoms with E-state index in [0.717, 1.165) is 0 Å². The Kier molecular flexibility index (Phi) is 5.54. The van der Waals surface area contributed by atoms with Gasteiger partial charge in [0.25, 0.3) is 5.91 Å². The fourth-order valence-electron chi connectivity index (χ4n) is 1.88. The first-order valence-corrected chi connectivity index (χ1v) is 7.21. The van der Waals surface area contributed by atoms with Crippen LogP contribution >= 0.6 is 11.6 Å². The molecule has 0 unspecified atom stereocenters. The quantitative estimate of drug-likeness (QED) is 0.850. The second-order valence-corrected chi connectivity index (χ2v) is 4.89. The molecule has 0 radical (unpaired) electrons. The third kappa shape index (κ3) is 4.20. The van der Waals surface area contributed by atoms with E-state index in [-0.39, 0.29) is 18.0 Å². The third-order valence-electron chi connectivity index (χ3n) is 2.92. The van der Waals surface area contributed by atoms with Crippen LogP contribution in [0.3, 0.4) is 0 Å². The van der Waals surface area contributed by atoms with Crippen LogP contribution in [-0.2, 0) is 4.74 Å². The maximum atomic E-state index is 12.3. The predicted molar refractivity (Wildman–Crippen MR) is 86.2 cm³/mol. The SMILES string of the molecule is CCOC(=O)c1ccnc(NC(=O)c2cc(Cl)ccc2OC)c1. The zero-order valence-corrected chi connectivity index (χ0v) is 13.4. The number of esters is 1. The van der Waals surface area contributed by atoms with Crippen LogP contribution in [-0.4, -0.2) is 30.6 Å². The summed E-state index contributed by atoms with van der Waals surface area (Å²) < 4.78 is 10.0. The van der Waals surface area contributed by atoms with Crippen molar-refractivity contribution in [1.82, 2.24) is 4.98 Å². The number of anilines is 1. The van der Waals surface area contributed by atoms with Crippen molar-refractivity contribution >= 4 is 29.3 Å². The average molecular weight is 335 g/mol. The minimum atomic E-state index is -0.481. The van der Waals surface area contributed by atoms with Gasteiger partial charge in [0.1, 0.15) is 11.6 Å². The molecule has 0 aliphatic rings. The summed E-state index contributed by atoms with van der Waals surface area (Å²) >= 11 is 5.91. The number of benzene rings is 1. The van der Waals surface area contributed by atoms with Crippen molar-refractivity contribution in [3.63, 3.8) is 0 Å². The van der Waals surface area contributed by atoms with E-state index in [1.807, 2.05) is 0 Å². The first-order valence-electron chi connectivity index (χ1n) is 6.83. The van der Waals surface area contributed by atoms with Gasteiger partial charge in [-0.1, -0.05) is 11.6 Å². The number of pyridine rings is 1. The molecule has 23 heavy (non-hydrogen) atoms. The molecular formula is C16H15ClN2O4. The van der Waals surface area contributed by atoms with Crippen molar-refractivity contribution in [2.45, 2.75) is 6.92 Å². The Labute approximate surface area is 138 Å². The number of nitrogens with zero attached hydrogens (tertiary/aromatic N) is 1. The Morgan fingerprint density at radius 3 is 2.74 bits per heavy atom. The number of methoxy groups -OCH3 is 1. The minimum absolute atomic E-state index is 0.225. The number of rotatable bonds is 5. The number of hydrogen-bond acceptors (Lipinski definition) is 5. The monoisotopic (exact) mass is 334 g/mol. The maximum Gasteiger partial charge on any atom is 0.338 e. The van der Waals surface area contributed by atoms with Crippen molar-refractivity contribution in [1.29, 1.82) is 0 Å². The van der Waals surface area contributed by atoms with Crippen molar-refractivity contribution in [3.8, 4) is 5.75 Å². The van der Waals surface area contributed by atoms with Crippen LogP contribution in [0.5, 0.6) is 5.75 Å². The smallest absolute Gasteiger partial charge is 0.338 e. The van der Waals surface area contributed by atoms with Crippen molar-refractivity contribution < 1.29 is 19.1 Å². The Bertz CT molecular complexity index is 734. The molecule has 0 saturated heterocycles. The molecule has 0 saturated carbocycles. The summed E-state index contributed by atoms with van der Waals surface area (Å²) in [4.78, 5) is 28.1. The van der Waals surface area contributed by atoms with Crippen LogP contribution in [0.1, 0.15) is 27.6 Å². The molecule has 1 amide bonds. The van der Waals surface area contributed by atoms with Gasteiger partial charge in [0.2, 0.25) is 0 Å². The van der Waals surface area contributed by atoms with Gasteiger partial charge in [-0.3, -0.25) is 4.79 Å². The van der Waals surface area contributed by atoms with Crippen LogP contribution in [0.4, 0.5) is 5.82 Å². The van der Waals surface area contributed by atoms with Gasteiger partial charge in [0.05, 0.1) is 24.8 Å². The lowest BCUT2D eigenvalue weighted by atomic mass is 10.2. The molecule has 120 valence electrons. The Balaban J connectivity index is 2.22. The number of aromatic nitrogens is 1. The number of halogens is 1. The Morgan fingerprint density at radius 1 is 1.26 bits per heavy atom. The highest BCUT2D eigenvalue weighted by molar-refractivity contribution is 6.31. The van der Waals surface area contributed by atoms with Crippen molar-refractivity contribution in [3.05, 3.63) is 52.7 Å². The van der Waals surface area contributed by atoms with E-state index in [0.29, 0.717) is 16.3 Å². The molecular weight excluding hydrogens is 320 g/mol. The van der Waals surface area contributed by atoms with Gasteiger partial charge in [-0.15, -0.1) is 0 Å². The second-order valence-electron chi connectivity index (χ2n) is 4.45. The average Bonchev–Trinajstić information content (AvgIpc) is 2.55. The van der Waals surface area contributed by atoms with Gasteiger partial charge in [-0.05, 0) is 37.3 Å². The Morgan fingerprint density at radius 2 is 2.04 bits per heavy atom. The number of amides is 1. The molecule has 0 aliphatic carbocycles. The molecule has 7 heteroatoms. The van der Waals surface area contributed by atoms with Crippen LogP contribution in [0.25, 0.3) is 0 Å². The number of ether oxygens (including phenoxy) is 2. The van der Waals surface area contributed by atoms with Crippen LogP contribution in [0, 0.1) is 0 Å². The van der Waals surface area contributed by atoms with Crippen molar-refractivity contribution in [2.24, 2.45) is 0 Å². The predicted octanol–water partition coefficient (Wildman–Crippen LogP) is 3.17. The molecule has 0 spiro atoms. The normalized spacial score (nSPS) is 10.0. The molecule has 0 aliphatic heterocycles. The van der Waals surface area contributed by atoms with E-state index in [1.54, 1.807) is 19.1 Å². The van der Waals surface area contributed by atoms with E-state index in [1.165, 1.54) is 31.5 Å². The fraction of sp³-hybridized carbons (Fsp3) is 0.188. The molecule has 0 bridgehead atoms. The summed E-state index contributed by atoms with van der Waals surface area (Å²) in [5.41, 5.74) is 0.568. The highest BCUT2D eigenvalue weighted by Gasteiger charge is 2.15. The number of carbonyl (C=O) groups is 2. The largest absolute Gasteiger partial charge is 0.496 e.